The Kier molecular flexibility index (Phi) is 5.20. The third kappa shape index (κ3) is 3.75. The highest BCUT2D eigenvalue weighted by Gasteiger charge is 2.46. The van der Waals surface area contributed by atoms with Crippen LogP contribution in [0, 0.1) is 17.2 Å². The molecule has 0 bridgehead atoms. The number of ether oxygens (including phenoxy) is 2. The largest absolute Gasteiger partial charge is 0.382 e. The molecule has 1 rings (SSSR count). The van der Waals surface area contributed by atoms with Gasteiger partial charge in [-0.1, -0.05) is 0 Å². The molecule has 0 aromatic rings. The Bertz CT molecular complexity index is 246. The van der Waals surface area contributed by atoms with E-state index in [1.54, 1.807) is 7.11 Å². The first-order valence-electron chi connectivity index (χ1n) is 5.90. The van der Waals surface area contributed by atoms with Crippen molar-refractivity contribution < 1.29 is 9.47 Å². The molecule has 1 unspecified atom stereocenters. The highest BCUT2D eigenvalue weighted by atomic mass is 16.5. The SMILES string of the molecule is COCCOCC(C#N)(NC(C)C)C1CC1. The second kappa shape index (κ2) is 6.19. The first-order chi connectivity index (χ1) is 7.64. The van der Waals surface area contributed by atoms with Gasteiger partial charge in [0.15, 0.2) is 0 Å². The third-order valence-electron chi connectivity index (χ3n) is 2.78. The summed E-state index contributed by atoms with van der Waals surface area (Å²) >= 11 is 0. The molecule has 1 atom stereocenters. The van der Waals surface area contributed by atoms with Crippen LogP contribution in [0.3, 0.4) is 0 Å². The summed E-state index contributed by atoms with van der Waals surface area (Å²) in [5.74, 6) is 0.447. The van der Waals surface area contributed by atoms with E-state index in [0.717, 1.165) is 12.8 Å². The van der Waals surface area contributed by atoms with Crippen LogP contribution in [0.4, 0.5) is 0 Å². The zero-order valence-electron chi connectivity index (χ0n) is 10.5. The maximum atomic E-state index is 9.37. The van der Waals surface area contributed by atoms with E-state index in [2.05, 4.69) is 25.2 Å². The monoisotopic (exact) mass is 226 g/mol. The summed E-state index contributed by atoms with van der Waals surface area (Å²) in [6, 6.07) is 2.71. The normalized spacial score (nSPS) is 19.4. The molecular weight excluding hydrogens is 204 g/mol. The van der Waals surface area contributed by atoms with Crippen LogP contribution in [0.5, 0.6) is 0 Å². The molecule has 0 aromatic heterocycles. The second-order valence-corrected chi connectivity index (χ2v) is 4.70. The van der Waals surface area contributed by atoms with Gasteiger partial charge in [-0.2, -0.15) is 5.26 Å². The van der Waals surface area contributed by atoms with E-state index in [-0.39, 0.29) is 0 Å². The van der Waals surface area contributed by atoms with Crippen molar-refractivity contribution >= 4 is 0 Å². The molecule has 1 saturated carbocycles. The zero-order valence-corrected chi connectivity index (χ0v) is 10.5. The molecule has 0 saturated heterocycles. The molecule has 1 aliphatic rings. The van der Waals surface area contributed by atoms with Gasteiger partial charge in [0.1, 0.15) is 5.54 Å². The highest BCUT2D eigenvalue weighted by molar-refractivity contribution is 5.15. The average Bonchev–Trinajstić information content (AvgIpc) is 3.06. The lowest BCUT2D eigenvalue weighted by atomic mass is 9.95. The van der Waals surface area contributed by atoms with Crippen molar-refractivity contribution in [2.45, 2.75) is 38.3 Å². The van der Waals surface area contributed by atoms with Gasteiger partial charge in [0.05, 0.1) is 25.9 Å². The topological polar surface area (TPSA) is 54.3 Å². The summed E-state index contributed by atoms with van der Waals surface area (Å²) in [6.45, 7) is 5.70. The van der Waals surface area contributed by atoms with Crippen LogP contribution in [-0.2, 0) is 9.47 Å². The third-order valence-corrected chi connectivity index (χ3v) is 2.78. The standard InChI is InChI=1S/C12H22N2O2/c1-10(2)14-12(8-13,11-4-5-11)9-16-7-6-15-3/h10-11,14H,4-7,9H2,1-3H3. The number of nitriles is 1. The molecule has 0 heterocycles. The van der Waals surface area contributed by atoms with Gasteiger partial charge in [-0.05, 0) is 32.6 Å². The highest BCUT2D eigenvalue weighted by Crippen LogP contribution is 2.39. The Morgan fingerprint density at radius 3 is 2.56 bits per heavy atom. The number of hydrogen-bond donors (Lipinski definition) is 1. The van der Waals surface area contributed by atoms with Gasteiger partial charge < -0.3 is 9.47 Å². The fraction of sp³-hybridized carbons (Fsp3) is 0.917. The van der Waals surface area contributed by atoms with Crippen LogP contribution in [0.1, 0.15) is 26.7 Å². The molecule has 4 nitrogen and oxygen atoms in total. The molecule has 0 spiro atoms. The van der Waals surface area contributed by atoms with Gasteiger partial charge in [0.25, 0.3) is 0 Å². The molecule has 0 amide bonds. The van der Waals surface area contributed by atoms with E-state index in [9.17, 15) is 5.26 Å². The summed E-state index contributed by atoms with van der Waals surface area (Å²) in [7, 11) is 1.65. The lowest BCUT2D eigenvalue weighted by Crippen LogP contribution is -2.53. The van der Waals surface area contributed by atoms with Crippen molar-refractivity contribution in [1.29, 1.82) is 5.26 Å². The number of hydrogen-bond acceptors (Lipinski definition) is 4. The molecule has 92 valence electrons. The number of nitrogens with zero attached hydrogens (tertiary/aromatic N) is 1. The Morgan fingerprint density at radius 2 is 2.12 bits per heavy atom. The fourth-order valence-electron chi connectivity index (χ4n) is 1.90. The van der Waals surface area contributed by atoms with Gasteiger partial charge in [-0.15, -0.1) is 0 Å². The predicted octanol–water partition coefficient (Wildman–Crippen LogP) is 1.32. The van der Waals surface area contributed by atoms with Gasteiger partial charge in [-0.25, -0.2) is 0 Å². The Balaban J connectivity index is 2.46. The number of rotatable bonds is 8. The van der Waals surface area contributed by atoms with E-state index in [0.29, 0.717) is 31.8 Å². The Hall–Kier alpha value is -0.630. The predicted molar refractivity (Wildman–Crippen MR) is 62.0 cm³/mol. The summed E-state index contributed by atoms with van der Waals surface area (Å²) in [5, 5.41) is 12.7. The minimum Gasteiger partial charge on any atom is -0.382 e. The van der Waals surface area contributed by atoms with Crippen LogP contribution >= 0.6 is 0 Å². The van der Waals surface area contributed by atoms with Crippen LogP contribution in [0.2, 0.25) is 0 Å². The van der Waals surface area contributed by atoms with Crippen LogP contribution in [0.25, 0.3) is 0 Å². The molecule has 0 aliphatic heterocycles. The van der Waals surface area contributed by atoms with Crippen LogP contribution < -0.4 is 5.32 Å². The molecule has 1 fully saturated rings. The smallest absolute Gasteiger partial charge is 0.133 e. The Morgan fingerprint density at radius 1 is 1.44 bits per heavy atom. The van der Waals surface area contributed by atoms with E-state index in [4.69, 9.17) is 9.47 Å². The first-order valence-corrected chi connectivity index (χ1v) is 5.90. The van der Waals surface area contributed by atoms with Gasteiger partial charge in [0, 0.05) is 13.2 Å². The summed E-state index contributed by atoms with van der Waals surface area (Å²) in [5.41, 5.74) is -0.498. The Labute approximate surface area is 97.9 Å². The second-order valence-electron chi connectivity index (χ2n) is 4.70. The van der Waals surface area contributed by atoms with Crippen LogP contribution in [0.15, 0.2) is 0 Å². The lowest BCUT2D eigenvalue weighted by molar-refractivity contribution is 0.0389. The van der Waals surface area contributed by atoms with Crippen molar-refractivity contribution in [3.63, 3.8) is 0 Å². The maximum Gasteiger partial charge on any atom is 0.133 e. The summed E-state index contributed by atoms with van der Waals surface area (Å²) < 4.78 is 10.4. The van der Waals surface area contributed by atoms with E-state index < -0.39 is 5.54 Å². The van der Waals surface area contributed by atoms with Crippen molar-refractivity contribution in [2.24, 2.45) is 5.92 Å². The lowest BCUT2D eigenvalue weighted by Gasteiger charge is -2.30. The van der Waals surface area contributed by atoms with Crippen LogP contribution in [-0.4, -0.2) is 38.5 Å². The van der Waals surface area contributed by atoms with E-state index >= 15 is 0 Å². The minimum absolute atomic E-state index is 0.297. The summed E-state index contributed by atoms with van der Waals surface area (Å²) in [6.07, 6.45) is 2.25. The van der Waals surface area contributed by atoms with Crippen molar-refractivity contribution in [1.82, 2.24) is 5.32 Å². The number of methoxy groups -OCH3 is 1. The maximum absolute atomic E-state index is 9.37. The average molecular weight is 226 g/mol. The number of nitrogens with one attached hydrogen (secondary N) is 1. The quantitative estimate of drug-likeness (QED) is 0.634. The van der Waals surface area contributed by atoms with E-state index in [1.165, 1.54) is 0 Å². The molecule has 0 aromatic carbocycles. The van der Waals surface area contributed by atoms with Gasteiger partial charge in [0.2, 0.25) is 0 Å². The molecule has 1 aliphatic carbocycles. The van der Waals surface area contributed by atoms with Gasteiger partial charge >= 0.3 is 0 Å². The molecular formula is C12H22N2O2. The summed E-state index contributed by atoms with van der Waals surface area (Å²) in [4.78, 5) is 0. The fourth-order valence-corrected chi connectivity index (χ4v) is 1.90. The van der Waals surface area contributed by atoms with Crippen molar-refractivity contribution in [3.05, 3.63) is 0 Å². The first kappa shape index (κ1) is 13.4. The molecule has 4 heteroatoms. The van der Waals surface area contributed by atoms with E-state index in [1.807, 2.05) is 0 Å². The molecule has 0 radical (unpaired) electrons. The zero-order chi connectivity index (χ0) is 12.0. The van der Waals surface area contributed by atoms with Crippen molar-refractivity contribution in [2.75, 3.05) is 26.9 Å². The minimum atomic E-state index is -0.498. The molecule has 16 heavy (non-hydrogen) atoms. The van der Waals surface area contributed by atoms with Gasteiger partial charge in [-0.3, -0.25) is 5.32 Å². The van der Waals surface area contributed by atoms with Crippen molar-refractivity contribution in [3.8, 4) is 6.07 Å². The molecule has 1 N–H and O–H groups in total.